The molecule has 7 nitrogen and oxygen atoms in total. The van der Waals surface area contributed by atoms with Gasteiger partial charge in [-0.1, -0.05) is 0 Å². The van der Waals surface area contributed by atoms with Gasteiger partial charge in [0.1, 0.15) is 24.2 Å². The number of anilines is 1. The van der Waals surface area contributed by atoms with Gasteiger partial charge in [0.2, 0.25) is 6.23 Å². The summed E-state index contributed by atoms with van der Waals surface area (Å²) < 4.78 is 95.9. The van der Waals surface area contributed by atoms with Crippen LogP contribution in [-0.2, 0) is 10.9 Å². The normalized spacial score (nSPS) is 18.5. The molecule has 0 bridgehead atoms. The van der Waals surface area contributed by atoms with Gasteiger partial charge < -0.3 is 24.8 Å². The van der Waals surface area contributed by atoms with Crippen LogP contribution in [0.25, 0.3) is 0 Å². The molecule has 1 aliphatic heterocycles. The van der Waals surface area contributed by atoms with Gasteiger partial charge >= 0.3 is 18.4 Å². The molecule has 0 aromatic heterocycles. The Balaban J connectivity index is 1.79. The summed E-state index contributed by atoms with van der Waals surface area (Å²) in [6, 6.07) is 7.92. The Labute approximate surface area is 189 Å². The molecule has 34 heavy (non-hydrogen) atoms. The van der Waals surface area contributed by atoms with Crippen molar-refractivity contribution in [2.24, 2.45) is 5.73 Å². The van der Waals surface area contributed by atoms with E-state index in [4.69, 9.17) is 25.2 Å². The van der Waals surface area contributed by atoms with Crippen molar-refractivity contribution in [3.05, 3.63) is 53.1 Å². The second-order valence-electron chi connectivity index (χ2n) is 7.30. The van der Waals surface area contributed by atoms with Crippen molar-refractivity contribution in [3.8, 4) is 17.6 Å². The summed E-state index contributed by atoms with van der Waals surface area (Å²) in [5.41, 5.74) is 2.96. The average molecular weight is 489 g/mol. The molecule has 1 fully saturated rings. The summed E-state index contributed by atoms with van der Waals surface area (Å²) in [4.78, 5) is 11.5. The second-order valence-corrected chi connectivity index (χ2v) is 7.30. The standard InChI is InChI=1S/C21H17F6N3O4/c1-11-6-14(4-5-17(11)34-19(29)31)32-10-15-9-30(18(33-15)21(25,26)27)13-3-2-12(8-28)16(7-13)20(22,23)24/h2-7,15,18H,9-10H2,1H3,(H2,29,31). The molecule has 0 aliphatic carbocycles. The monoisotopic (exact) mass is 489 g/mol. The zero-order valence-corrected chi connectivity index (χ0v) is 17.4. The van der Waals surface area contributed by atoms with Crippen molar-refractivity contribution in [3.63, 3.8) is 0 Å². The van der Waals surface area contributed by atoms with E-state index in [9.17, 15) is 31.1 Å². The van der Waals surface area contributed by atoms with Gasteiger partial charge in [-0.2, -0.15) is 31.6 Å². The van der Waals surface area contributed by atoms with E-state index in [0.717, 1.165) is 12.1 Å². The van der Waals surface area contributed by atoms with Crippen molar-refractivity contribution in [1.29, 1.82) is 5.26 Å². The molecule has 0 spiro atoms. The zero-order chi connectivity index (χ0) is 25.3. The predicted molar refractivity (Wildman–Crippen MR) is 105 cm³/mol. The minimum Gasteiger partial charge on any atom is -0.491 e. The molecule has 1 saturated heterocycles. The first-order chi connectivity index (χ1) is 15.8. The summed E-state index contributed by atoms with van der Waals surface area (Å²) in [6.45, 7) is 0.817. The van der Waals surface area contributed by atoms with Crippen LogP contribution < -0.4 is 20.1 Å². The fraction of sp³-hybridized carbons (Fsp3) is 0.333. The van der Waals surface area contributed by atoms with Crippen LogP contribution >= 0.6 is 0 Å². The van der Waals surface area contributed by atoms with E-state index in [1.165, 1.54) is 24.3 Å². The van der Waals surface area contributed by atoms with Gasteiger partial charge in [-0.05, 0) is 48.9 Å². The van der Waals surface area contributed by atoms with Crippen LogP contribution in [0.4, 0.5) is 36.8 Å². The Morgan fingerprint density at radius 2 is 1.91 bits per heavy atom. The molecule has 2 atom stereocenters. The SMILES string of the molecule is Cc1cc(OCC2CN(c3ccc(C#N)c(C(F)(F)F)c3)C(C(F)(F)F)O2)ccc1OC(N)=O. The Bertz CT molecular complexity index is 1110. The lowest BCUT2D eigenvalue weighted by Gasteiger charge is -2.27. The third-order valence-electron chi connectivity index (χ3n) is 4.84. The fourth-order valence-corrected chi connectivity index (χ4v) is 3.37. The molecule has 13 heteroatoms. The molecule has 0 radical (unpaired) electrons. The van der Waals surface area contributed by atoms with Gasteiger partial charge in [-0.15, -0.1) is 0 Å². The Hall–Kier alpha value is -3.66. The third kappa shape index (κ3) is 5.63. The van der Waals surface area contributed by atoms with Crippen molar-refractivity contribution < 1.29 is 45.3 Å². The number of hydrogen-bond acceptors (Lipinski definition) is 6. The molecule has 2 aromatic rings. The minimum atomic E-state index is -4.93. The maximum Gasteiger partial charge on any atom is 0.433 e. The molecule has 2 N–H and O–H groups in total. The highest BCUT2D eigenvalue weighted by molar-refractivity contribution is 5.68. The van der Waals surface area contributed by atoms with Crippen molar-refractivity contribution in [1.82, 2.24) is 0 Å². The quantitative estimate of drug-likeness (QED) is 0.621. The van der Waals surface area contributed by atoms with Gasteiger partial charge in [0, 0.05) is 5.69 Å². The van der Waals surface area contributed by atoms with Gasteiger partial charge in [0.25, 0.3) is 0 Å². The summed E-state index contributed by atoms with van der Waals surface area (Å²) in [7, 11) is 0. The number of nitrogens with two attached hydrogens (primary N) is 1. The largest absolute Gasteiger partial charge is 0.491 e. The number of rotatable bonds is 5. The van der Waals surface area contributed by atoms with E-state index in [1.54, 1.807) is 6.92 Å². The zero-order valence-electron chi connectivity index (χ0n) is 17.4. The first-order valence-electron chi connectivity index (χ1n) is 9.60. The number of nitriles is 1. The number of amides is 1. The lowest BCUT2D eigenvalue weighted by Crippen LogP contribution is -2.42. The van der Waals surface area contributed by atoms with E-state index < -0.39 is 54.1 Å². The molecule has 0 saturated carbocycles. The topological polar surface area (TPSA) is 97.8 Å². The molecule has 182 valence electrons. The maximum atomic E-state index is 13.6. The minimum absolute atomic E-state index is 0.168. The number of benzene rings is 2. The first-order valence-corrected chi connectivity index (χ1v) is 9.60. The highest BCUT2D eigenvalue weighted by Gasteiger charge is 2.51. The summed E-state index contributed by atoms with van der Waals surface area (Å²) in [5, 5.41) is 8.90. The van der Waals surface area contributed by atoms with Crippen LogP contribution in [-0.4, -0.2) is 37.8 Å². The van der Waals surface area contributed by atoms with Gasteiger partial charge in [-0.25, -0.2) is 4.79 Å². The Kier molecular flexibility index (Phi) is 6.83. The van der Waals surface area contributed by atoms with Crippen LogP contribution in [0.3, 0.4) is 0 Å². The average Bonchev–Trinajstić information content (AvgIpc) is 3.17. The first kappa shape index (κ1) is 25.0. The smallest absolute Gasteiger partial charge is 0.433 e. The number of alkyl halides is 6. The molecule has 3 rings (SSSR count). The number of hydrogen-bond donors (Lipinski definition) is 1. The van der Waals surface area contributed by atoms with E-state index in [-0.39, 0.29) is 18.1 Å². The van der Waals surface area contributed by atoms with Crippen molar-refractivity contribution in [2.75, 3.05) is 18.1 Å². The Morgan fingerprint density at radius 1 is 1.21 bits per heavy atom. The molecule has 2 aromatic carbocycles. The van der Waals surface area contributed by atoms with E-state index in [0.29, 0.717) is 16.5 Å². The van der Waals surface area contributed by atoms with Gasteiger partial charge in [0.15, 0.2) is 0 Å². The third-order valence-corrected chi connectivity index (χ3v) is 4.84. The summed E-state index contributed by atoms with van der Waals surface area (Å²) >= 11 is 0. The number of halogens is 6. The number of primary amides is 1. The van der Waals surface area contributed by atoms with Crippen molar-refractivity contribution in [2.45, 2.75) is 31.6 Å². The van der Waals surface area contributed by atoms with E-state index in [1.807, 2.05) is 0 Å². The maximum absolute atomic E-state index is 13.6. The lowest BCUT2D eigenvalue weighted by atomic mass is 10.1. The van der Waals surface area contributed by atoms with Crippen molar-refractivity contribution >= 4 is 11.8 Å². The van der Waals surface area contributed by atoms with Crippen LogP contribution in [0.1, 0.15) is 16.7 Å². The molecule has 1 aliphatic rings. The molecular formula is C21H17F6N3O4. The second kappa shape index (κ2) is 9.30. The van der Waals surface area contributed by atoms with Crippen LogP contribution in [0.5, 0.6) is 11.5 Å². The Morgan fingerprint density at radius 3 is 2.47 bits per heavy atom. The fourth-order valence-electron chi connectivity index (χ4n) is 3.37. The highest BCUT2D eigenvalue weighted by atomic mass is 19.4. The van der Waals surface area contributed by atoms with Crippen LogP contribution in [0.2, 0.25) is 0 Å². The van der Waals surface area contributed by atoms with E-state index in [2.05, 4.69) is 0 Å². The molecule has 1 amide bonds. The number of aryl methyl sites for hydroxylation is 1. The summed E-state index contributed by atoms with van der Waals surface area (Å²) in [6.07, 6.45) is -14.5. The van der Waals surface area contributed by atoms with Gasteiger partial charge in [-0.3, -0.25) is 0 Å². The lowest BCUT2D eigenvalue weighted by molar-refractivity contribution is -0.215. The predicted octanol–water partition coefficient (Wildman–Crippen LogP) is 4.52. The summed E-state index contributed by atoms with van der Waals surface area (Å²) in [5.74, 6) is 0.402. The van der Waals surface area contributed by atoms with E-state index >= 15 is 0 Å². The number of nitrogens with zero attached hydrogens (tertiary/aromatic N) is 2. The number of carbonyl (C=O) groups excluding carboxylic acids is 1. The molecular weight excluding hydrogens is 472 g/mol. The molecule has 1 heterocycles. The molecule has 2 unspecified atom stereocenters. The highest BCUT2D eigenvalue weighted by Crippen LogP contribution is 2.39. The van der Waals surface area contributed by atoms with Crippen LogP contribution in [0, 0.1) is 18.3 Å². The number of carbonyl (C=O) groups is 1. The van der Waals surface area contributed by atoms with Crippen LogP contribution in [0.15, 0.2) is 36.4 Å². The number of ether oxygens (including phenoxy) is 3. The van der Waals surface area contributed by atoms with Gasteiger partial charge in [0.05, 0.1) is 23.7 Å².